The Labute approximate surface area is 224 Å². The van der Waals surface area contributed by atoms with Gasteiger partial charge in [-0.25, -0.2) is 0 Å². The van der Waals surface area contributed by atoms with Crippen LogP contribution in [-0.2, 0) is 17.8 Å². The van der Waals surface area contributed by atoms with Gasteiger partial charge in [0.1, 0.15) is 18.1 Å². The van der Waals surface area contributed by atoms with Crippen molar-refractivity contribution in [3.05, 3.63) is 71.5 Å². The molecule has 1 aromatic heterocycles. The Bertz CT molecular complexity index is 1200. The number of ketones is 1. The average Bonchev–Trinajstić information content (AvgIpc) is 3.32. The lowest BCUT2D eigenvalue weighted by molar-refractivity contribution is -0.141. The average molecular weight is 516 g/mol. The minimum atomic E-state index is -0.0752. The van der Waals surface area contributed by atoms with Crippen molar-refractivity contribution in [2.45, 2.75) is 76.6 Å². The summed E-state index contributed by atoms with van der Waals surface area (Å²) in [4.78, 5) is 13.7. The highest BCUT2D eigenvalue weighted by Gasteiger charge is 2.54. The quantitative estimate of drug-likeness (QED) is 0.275. The van der Waals surface area contributed by atoms with Gasteiger partial charge in [0.25, 0.3) is 0 Å². The van der Waals surface area contributed by atoms with Crippen LogP contribution < -0.4 is 4.74 Å². The second-order valence-electron chi connectivity index (χ2n) is 11.6. The topological polar surface area (TPSA) is 57.0 Å². The van der Waals surface area contributed by atoms with Gasteiger partial charge in [-0.3, -0.25) is 9.36 Å². The molecule has 0 amide bonds. The van der Waals surface area contributed by atoms with Crippen LogP contribution in [0.3, 0.4) is 0 Å². The number of rotatable bonds is 10. The van der Waals surface area contributed by atoms with Crippen molar-refractivity contribution in [2.75, 3.05) is 5.75 Å². The van der Waals surface area contributed by atoms with Crippen LogP contribution in [0.1, 0.15) is 75.4 Å². The van der Waals surface area contributed by atoms with Crippen molar-refractivity contribution in [3.8, 4) is 5.75 Å². The summed E-state index contributed by atoms with van der Waals surface area (Å²) in [6.45, 7) is 4.65. The van der Waals surface area contributed by atoms with Crippen LogP contribution in [0.25, 0.3) is 0 Å². The van der Waals surface area contributed by atoms with Crippen LogP contribution in [0.4, 0.5) is 0 Å². The van der Waals surface area contributed by atoms with E-state index in [1.807, 2.05) is 18.2 Å². The van der Waals surface area contributed by atoms with Gasteiger partial charge >= 0.3 is 0 Å². The molecule has 4 fully saturated rings. The van der Waals surface area contributed by atoms with E-state index in [1.165, 1.54) is 30.4 Å². The maximum atomic E-state index is 13.7. The zero-order valence-electron chi connectivity index (χ0n) is 21.9. The number of aryl methyl sites for hydroxylation is 1. The van der Waals surface area contributed by atoms with Crippen molar-refractivity contribution in [1.82, 2.24) is 14.8 Å². The molecular weight excluding hydrogens is 478 g/mol. The van der Waals surface area contributed by atoms with Gasteiger partial charge in [0.05, 0.1) is 11.8 Å². The van der Waals surface area contributed by atoms with Crippen molar-refractivity contribution < 1.29 is 9.53 Å². The normalized spacial score (nSPS) is 26.8. The number of thioether (sulfide) groups is 1. The molecule has 0 aliphatic heterocycles. The van der Waals surface area contributed by atoms with E-state index in [9.17, 15) is 4.79 Å². The maximum absolute atomic E-state index is 13.7. The van der Waals surface area contributed by atoms with Crippen molar-refractivity contribution in [2.24, 2.45) is 23.2 Å². The third-order valence-corrected chi connectivity index (χ3v) is 10.0. The molecule has 0 radical (unpaired) electrons. The fraction of sp³-hybridized carbons (Fsp3) is 0.516. The highest BCUT2D eigenvalue weighted by atomic mass is 32.2. The van der Waals surface area contributed by atoms with E-state index in [4.69, 9.17) is 4.74 Å². The number of ether oxygens (including phenoxy) is 1. The first-order chi connectivity index (χ1) is 18.0. The van der Waals surface area contributed by atoms with Crippen molar-refractivity contribution in [3.63, 3.8) is 0 Å². The van der Waals surface area contributed by atoms with Crippen molar-refractivity contribution in [1.29, 1.82) is 0 Å². The zero-order valence-corrected chi connectivity index (χ0v) is 22.8. The monoisotopic (exact) mass is 515 g/mol. The van der Waals surface area contributed by atoms with Crippen LogP contribution in [0, 0.1) is 23.2 Å². The number of carbonyl (C=O) groups is 1. The van der Waals surface area contributed by atoms with Crippen LogP contribution >= 0.6 is 11.8 Å². The van der Waals surface area contributed by atoms with Gasteiger partial charge in [-0.05, 0) is 92.9 Å². The Morgan fingerprint density at radius 1 is 1.00 bits per heavy atom. The highest BCUT2D eigenvalue weighted by Crippen LogP contribution is 2.60. The third-order valence-electron chi connectivity index (χ3n) is 9.07. The van der Waals surface area contributed by atoms with Crippen LogP contribution in [-0.4, -0.2) is 26.3 Å². The number of Topliss-reactive ketones (excluding diaryl/α,β-unsaturated/α-hetero) is 1. The van der Waals surface area contributed by atoms with E-state index in [0.29, 0.717) is 18.1 Å². The van der Waals surface area contributed by atoms with E-state index in [0.717, 1.165) is 60.2 Å². The number of nitrogens with zero attached hydrogens (tertiary/aromatic N) is 3. The van der Waals surface area contributed by atoms with E-state index in [2.05, 4.69) is 65.0 Å². The summed E-state index contributed by atoms with van der Waals surface area (Å²) < 4.78 is 8.28. The lowest BCUT2D eigenvalue weighted by Crippen LogP contribution is -2.50. The van der Waals surface area contributed by atoms with Gasteiger partial charge in [0.15, 0.2) is 11.0 Å². The van der Waals surface area contributed by atoms with E-state index >= 15 is 0 Å². The Balaban J connectivity index is 1.21. The molecule has 5 nitrogen and oxygen atoms in total. The maximum Gasteiger partial charge on any atom is 0.192 e. The minimum Gasteiger partial charge on any atom is -0.486 e. The van der Waals surface area contributed by atoms with Crippen molar-refractivity contribution >= 4 is 17.5 Å². The summed E-state index contributed by atoms with van der Waals surface area (Å²) in [5.41, 5.74) is 2.40. The first-order valence-electron chi connectivity index (χ1n) is 13.9. The summed E-state index contributed by atoms with van der Waals surface area (Å²) >= 11 is 1.56. The molecular formula is C31H37N3O2S. The molecule has 0 spiro atoms. The molecule has 4 aliphatic rings. The number of aromatic nitrogens is 3. The predicted octanol–water partition coefficient (Wildman–Crippen LogP) is 6.91. The second kappa shape index (κ2) is 10.3. The Morgan fingerprint density at radius 3 is 2.27 bits per heavy atom. The lowest BCUT2D eigenvalue weighted by atomic mass is 9.48. The fourth-order valence-corrected chi connectivity index (χ4v) is 8.55. The summed E-state index contributed by atoms with van der Waals surface area (Å²) in [5.74, 6) is 4.84. The number of carbonyl (C=O) groups excluding carboxylic acids is 1. The molecule has 2 aromatic carbocycles. The van der Waals surface area contributed by atoms with E-state index < -0.39 is 0 Å². The Morgan fingerprint density at radius 2 is 1.65 bits per heavy atom. The molecule has 4 saturated carbocycles. The SMILES string of the molecule is CCc1ccc(OCc2nnc(SCC(=O)C34CC5CC(CC(C5)C3)C4)n2C(C)c2ccccc2)cc1. The standard InChI is InChI=1S/C31H37N3O2S/c1-3-22-9-11-27(12-10-22)36-19-29-32-33-30(34(29)21(2)26-7-5-4-6-8-26)37-20-28(35)31-16-23-13-24(17-31)15-25(14-23)18-31/h4-12,21,23-25H,3,13-20H2,1-2H3. The summed E-state index contributed by atoms with van der Waals surface area (Å²) in [5, 5.41) is 9.90. The van der Waals surface area contributed by atoms with E-state index in [-0.39, 0.29) is 11.5 Å². The molecule has 194 valence electrons. The molecule has 0 N–H and O–H groups in total. The molecule has 37 heavy (non-hydrogen) atoms. The number of benzene rings is 2. The Kier molecular flexibility index (Phi) is 6.87. The molecule has 1 unspecified atom stereocenters. The summed E-state index contributed by atoms with van der Waals surface area (Å²) in [7, 11) is 0. The van der Waals surface area contributed by atoms with Gasteiger partial charge in [-0.2, -0.15) is 0 Å². The predicted molar refractivity (Wildman–Crippen MR) is 147 cm³/mol. The molecule has 3 aromatic rings. The van der Waals surface area contributed by atoms with Gasteiger partial charge < -0.3 is 4.74 Å². The third kappa shape index (κ3) is 4.97. The highest BCUT2D eigenvalue weighted by molar-refractivity contribution is 7.99. The molecule has 6 heteroatoms. The minimum absolute atomic E-state index is 0.0365. The van der Waals surface area contributed by atoms with Crippen LogP contribution in [0.2, 0.25) is 0 Å². The fourth-order valence-electron chi connectivity index (χ4n) is 7.48. The smallest absolute Gasteiger partial charge is 0.192 e. The molecule has 4 bridgehead atoms. The number of hydrogen-bond acceptors (Lipinski definition) is 5. The summed E-state index contributed by atoms with van der Waals surface area (Å²) in [6, 6.07) is 18.7. The molecule has 0 saturated heterocycles. The summed E-state index contributed by atoms with van der Waals surface area (Å²) in [6.07, 6.45) is 8.41. The molecule has 1 atom stereocenters. The van der Waals surface area contributed by atoms with Gasteiger partial charge in [-0.1, -0.05) is 61.2 Å². The first-order valence-corrected chi connectivity index (χ1v) is 14.9. The molecule has 4 aliphatic carbocycles. The first kappa shape index (κ1) is 24.7. The van der Waals surface area contributed by atoms with E-state index in [1.54, 1.807) is 11.8 Å². The van der Waals surface area contributed by atoms with Crippen LogP contribution in [0.15, 0.2) is 59.8 Å². The molecule has 7 rings (SSSR count). The largest absolute Gasteiger partial charge is 0.486 e. The molecule has 1 heterocycles. The van der Waals surface area contributed by atoms with Crippen LogP contribution in [0.5, 0.6) is 5.75 Å². The lowest BCUT2D eigenvalue weighted by Gasteiger charge is -2.56. The van der Waals surface area contributed by atoms with Gasteiger partial charge in [-0.15, -0.1) is 10.2 Å². The zero-order chi connectivity index (χ0) is 25.4. The second-order valence-corrected chi connectivity index (χ2v) is 12.5. The number of hydrogen-bond donors (Lipinski definition) is 0. The van der Waals surface area contributed by atoms with Gasteiger partial charge in [0, 0.05) is 5.41 Å². The Hall–Kier alpha value is -2.60. The van der Waals surface area contributed by atoms with Gasteiger partial charge in [0.2, 0.25) is 0 Å².